The minimum absolute atomic E-state index is 0. The van der Waals surface area contributed by atoms with Crippen LogP contribution < -0.4 is 5.73 Å². The predicted molar refractivity (Wildman–Crippen MR) is 168 cm³/mol. The average molecular weight is 554 g/mol. The zero-order valence-electron chi connectivity index (χ0n) is 22.1. The quantitative estimate of drug-likeness (QED) is 0.250. The molecule has 12 aliphatic carbocycles. The van der Waals surface area contributed by atoms with Crippen LogP contribution in [0.15, 0.2) is 0 Å². The van der Waals surface area contributed by atoms with Crippen LogP contribution in [-0.4, -0.2) is 11.6 Å². The van der Waals surface area contributed by atoms with Crippen molar-refractivity contribution < 1.29 is 4.79 Å². The third kappa shape index (κ3) is 5.92. The molecule has 40 heavy (non-hydrogen) atoms. The minimum atomic E-state index is 0. The van der Waals surface area contributed by atoms with Crippen LogP contribution in [0.3, 0.4) is 0 Å². The van der Waals surface area contributed by atoms with Crippen LogP contribution >= 0.6 is 0 Å². The van der Waals surface area contributed by atoms with Gasteiger partial charge in [-0.05, 0) is 155 Å². The summed E-state index contributed by atoms with van der Waals surface area (Å²) >= 11 is 0. The van der Waals surface area contributed by atoms with Gasteiger partial charge in [0.15, 0.2) is 0 Å². The van der Waals surface area contributed by atoms with Gasteiger partial charge < -0.3 is 5.73 Å². The molecule has 0 amide bonds. The Morgan fingerprint density at radius 1 is 0.575 bits per heavy atom. The van der Waals surface area contributed by atoms with Crippen molar-refractivity contribution in [3.8, 4) is 6.07 Å². The fourth-order valence-corrected chi connectivity index (χ4v) is 12.2. The lowest BCUT2D eigenvalue weighted by Crippen LogP contribution is -2.49. The van der Waals surface area contributed by atoms with Gasteiger partial charge in [-0.15, -0.1) is 0 Å². The third-order valence-electron chi connectivity index (χ3n) is 12.9. The Morgan fingerprint density at radius 2 is 0.875 bits per heavy atom. The molecule has 12 fully saturated rings. The molecule has 0 heterocycles. The van der Waals surface area contributed by atoms with Crippen LogP contribution in [0, 0.1) is 99.6 Å². The first-order chi connectivity index (χ1) is 17.4. The molecule has 0 spiro atoms. The van der Waals surface area contributed by atoms with Crippen LogP contribution in [0.1, 0.15) is 126 Å². The zero-order chi connectivity index (χ0) is 24.6. The number of ketones is 1. The lowest BCUT2D eigenvalue weighted by Gasteiger charge is -2.54. The molecule has 0 radical (unpaired) electrons. The second kappa shape index (κ2) is 12.9. The van der Waals surface area contributed by atoms with Gasteiger partial charge in [-0.25, -0.2) is 0 Å². The molecule has 0 unspecified atom stereocenters. The monoisotopic (exact) mass is 553 g/mol. The lowest BCUT2D eigenvalue weighted by molar-refractivity contribution is -0.139. The molecular formula is C36H63N3O. The van der Waals surface area contributed by atoms with E-state index in [4.69, 9.17) is 16.4 Å². The van der Waals surface area contributed by atoms with Gasteiger partial charge >= 0.3 is 0 Å². The number of amidine groups is 1. The standard InChI is InChI=1S/C11H18N2.C11H15N.C10H14O.4CH4/c12-11(13)10-8-2-6-1-7(4-8)5-9(10)3-6;12-6-11-9-2-7-1-8(4-9)5-10(11)3-7;11-10-8-2-6-1-7(4-8)5-9(10)3-6;;;;/h6-10H,1-5H2,(H3,12,13);7-11H,1-5H2;6-9H,1-5H2;4*1H4. The molecule has 0 aromatic rings. The van der Waals surface area contributed by atoms with Gasteiger partial charge in [-0.2, -0.15) is 5.26 Å². The van der Waals surface area contributed by atoms with E-state index in [2.05, 4.69) is 6.07 Å². The van der Waals surface area contributed by atoms with Crippen LogP contribution in [0.2, 0.25) is 0 Å². The van der Waals surface area contributed by atoms with E-state index in [0.29, 0.717) is 35.3 Å². The molecule has 0 aromatic heterocycles. The van der Waals surface area contributed by atoms with Crippen molar-refractivity contribution in [1.29, 1.82) is 10.7 Å². The summed E-state index contributed by atoms with van der Waals surface area (Å²) < 4.78 is 0. The van der Waals surface area contributed by atoms with Crippen molar-refractivity contribution in [2.24, 2.45) is 88.6 Å². The maximum Gasteiger partial charge on any atom is 0.139 e. The fraction of sp³-hybridized carbons (Fsp3) is 0.917. The normalized spacial score (nSPS) is 48.4. The van der Waals surface area contributed by atoms with E-state index in [-0.39, 0.29) is 29.7 Å². The van der Waals surface area contributed by atoms with E-state index in [1.54, 1.807) is 0 Å². The highest BCUT2D eigenvalue weighted by molar-refractivity contribution is 5.85. The molecule has 0 aromatic carbocycles. The summed E-state index contributed by atoms with van der Waals surface area (Å²) in [7, 11) is 0. The lowest BCUT2D eigenvalue weighted by atomic mass is 9.51. The zero-order valence-corrected chi connectivity index (χ0v) is 22.1. The van der Waals surface area contributed by atoms with E-state index >= 15 is 0 Å². The molecule has 12 saturated carbocycles. The van der Waals surface area contributed by atoms with Crippen molar-refractivity contribution in [3.63, 3.8) is 0 Å². The number of carbonyl (C=O) groups is 1. The molecule has 228 valence electrons. The molecule has 0 saturated heterocycles. The minimum Gasteiger partial charge on any atom is -0.387 e. The summed E-state index contributed by atoms with van der Waals surface area (Å²) in [6, 6.07) is 2.55. The Hall–Kier alpha value is -1.37. The molecular weight excluding hydrogens is 490 g/mol. The Kier molecular flexibility index (Phi) is 10.7. The van der Waals surface area contributed by atoms with Gasteiger partial charge in [0.1, 0.15) is 5.78 Å². The van der Waals surface area contributed by atoms with Crippen molar-refractivity contribution in [2.75, 3.05) is 0 Å². The molecule has 4 heteroatoms. The number of carbonyl (C=O) groups excluding carboxylic acids is 1. The molecule has 0 atom stereocenters. The van der Waals surface area contributed by atoms with Gasteiger partial charge in [0, 0.05) is 17.8 Å². The Bertz CT molecular complexity index is 847. The summed E-state index contributed by atoms with van der Waals surface area (Å²) in [4.78, 5) is 11.6. The Labute approximate surface area is 247 Å². The maximum atomic E-state index is 11.6. The fourth-order valence-electron chi connectivity index (χ4n) is 12.2. The number of nitrogens with two attached hydrogens (primary N) is 1. The second-order valence-corrected chi connectivity index (χ2v) is 15.2. The summed E-state index contributed by atoms with van der Waals surface area (Å²) in [6.45, 7) is 0. The molecule has 12 rings (SSSR count). The number of Topliss-reactive ketones (excluding diaryl/α,β-unsaturated/α-hetero) is 1. The first-order valence-electron chi connectivity index (χ1n) is 15.7. The first-order valence-corrected chi connectivity index (χ1v) is 15.7. The Morgan fingerprint density at radius 3 is 1.18 bits per heavy atom. The average Bonchev–Trinajstić information content (AvgIpc) is 2.81. The van der Waals surface area contributed by atoms with Crippen molar-refractivity contribution in [3.05, 3.63) is 0 Å². The number of nitriles is 1. The number of nitrogens with one attached hydrogen (secondary N) is 1. The second-order valence-electron chi connectivity index (χ2n) is 15.2. The molecule has 4 nitrogen and oxygen atoms in total. The SMILES string of the molecule is C.C.C.C.N#CC1C2CC3CC(C2)CC1C3.N=C(N)C1C2CC3CC(C2)CC1C3.O=C1C2CC3CC(C2)CC1C3. The van der Waals surface area contributed by atoms with Crippen molar-refractivity contribution in [1.82, 2.24) is 0 Å². The number of rotatable bonds is 1. The number of hydrogen-bond donors (Lipinski definition) is 2. The van der Waals surface area contributed by atoms with E-state index in [1.165, 1.54) is 96.3 Å². The highest BCUT2D eigenvalue weighted by Crippen LogP contribution is 2.57. The van der Waals surface area contributed by atoms with Gasteiger partial charge in [0.2, 0.25) is 0 Å². The van der Waals surface area contributed by atoms with Crippen LogP contribution in [0.4, 0.5) is 0 Å². The third-order valence-corrected chi connectivity index (χ3v) is 12.9. The summed E-state index contributed by atoms with van der Waals surface area (Å²) in [5.41, 5.74) is 5.70. The number of hydrogen-bond acceptors (Lipinski definition) is 3. The first kappa shape index (κ1) is 33.1. The van der Waals surface area contributed by atoms with Gasteiger partial charge in [-0.3, -0.25) is 10.2 Å². The molecule has 12 aliphatic rings. The van der Waals surface area contributed by atoms with Crippen LogP contribution in [-0.2, 0) is 4.79 Å². The van der Waals surface area contributed by atoms with Crippen molar-refractivity contribution in [2.45, 2.75) is 126 Å². The summed E-state index contributed by atoms with van der Waals surface area (Å²) in [6.07, 6.45) is 20.4. The van der Waals surface area contributed by atoms with E-state index < -0.39 is 0 Å². The van der Waals surface area contributed by atoms with Crippen LogP contribution in [0.25, 0.3) is 0 Å². The maximum absolute atomic E-state index is 11.6. The van der Waals surface area contributed by atoms with E-state index in [0.717, 1.165) is 59.2 Å². The Balaban J connectivity index is 0.000000158. The molecule has 0 aliphatic heterocycles. The molecule has 3 N–H and O–H groups in total. The topological polar surface area (TPSA) is 90.7 Å². The van der Waals surface area contributed by atoms with Gasteiger partial charge in [0.25, 0.3) is 0 Å². The molecule has 12 bridgehead atoms. The largest absolute Gasteiger partial charge is 0.387 e. The van der Waals surface area contributed by atoms with Crippen LogP contribution in [0.5, 0.6) is 0 Å². The van der Waals surface area contributed by atoms with Crippen molar-refractivity contribution >= 4 is 11.6 Å². The smallest absolute Gasteiger partial charge is 0.139 e. The number of nitrogens with zero attached hydrogens (tertiary/aromatic N) is 1. The van der Waals surface area contributed by atoms with E-state index in [1.807, 2.05) is 0 Å². The summed E-state index contributed by atoms with van der Waals surface area (Å²) in [5.74, 6) is 12.1. The summed E-state index contributed by atoms with van der Waals surface area (Å²) in [5, 5.41) is 16.7. The van der Waals surface area contributed by atoms with Gasteiger partial charge in [0.05, 0.1) is 17.8 Å². The highest BCUT2D eigenvalue weighted by Gasteiger charge is 2.50. The van der Waals surface area contributed by atoms with E-state index in [9.17, 15) is 4.79 Å². The van der Waals surface area contributed by atoms with Gasteiger partial charge in [-0.1, -0.05) is 29.7 Å². The highest BCUT2D eigenvalue weighted by atomic mass is 16.1. The predicted octanol–water partition coefficient (Wildman–Crippen LogP) is 9.13.